The molecule has 0 radical (unpaired) electrons. The molecule has 1 atom stereocenters. The van der Waals surface area contributed by atoms with Crippen LogP contribution in [0.5, 0.6) is 0 Å². The van der Waals surface area contributed by atoms with E-state index in [1.54, 1.807) is 0 Å². The summed E-state index contributed by atoms with van der Waals surface area (Å²) in [5, 5.41) is 17.7. The normalized spacial score (nSPS) is 11.9. The van der Waals surface area contributed by atoms with E-state index in [0.29, 0.717) is 6.42 Å². The first kappa shape index (κ1) is 11.5. The van der Waals surface area contributed by atoms with Crippen molar-refractivity contribution in [1.82, 2.24) is 0 Å². The summed E-state index contributed by atoms with van der Waals surface area (Å²) in [6.07, 6.45) is 0.498. The summed E-state index contributed by atoms with van der Waals surface area (Å²) >= 11 is 0. The minimum atomic E-state index is -0.203. The summed E-state index contributed by atoms with van der Waals surface area (Å²) in [5.74, 6) is -0.203. The van der Waals surface area contributed by atoms with Crippen molar-refractivity contribution in [2.75, 3.05) is 25.6 Å². The average Bonchev–Trinajstić information content (AvgIpc) is 2.26. The fourth-order valence-electron chi connectivity index (χ4n) is 1.44. The van der Waals surface area contributed by atoms with Crippen molar-refractivity contribution in [1.29, 1.82) is 5.26 Å². The Labute approximate surface area is 90.6 Å². The van der Waals surface area contributed by atoms with Gasteiger partial charge in [0, 0.05) is 26.4 Å². The number of nitriles is 1. The first-order valence-electron chi connectivity index (χ1n) is 4.96. The Morgan fingerprint density at radius 1 is 1.33 bits per heavy atom. The number of hydrogen-bond donors (Lipinski definition) is 1. The fraction of sp³-hybridized carbons (Fsp3) is 0.417. The highest BCUT2D eigenvalue weighted by molar-refractivity contribution is 5.47. The molecule has 0 bridgehead atoms. The number of nitrogens with zero attached hydrogens (tertiary/aromatic N) is 2. The third-order valence-electron chi connectivity index (χ3n) is 2.39. The molecule has 0 heterocycles. The molecule has 3 nitrogen and oxygen atoms in total. The van der Waals surface area contributed by atoms with Crippen LogP contribution in [0, 0.1) is 11.3 Å². The molecule has 0 amide bonds. The van der Waals surface area contributed by atoms with Crippen LogP contribution < -0.4 is 4.90 Å². The Bertz CT molecular complexity index is 338. The lowest BCUT2D eigenvalue weighted by molar-refractivity contribution is 0.283. The van der Waals surface area contributed by atoms with Crippen LogP contribution in [0.25, 0.3) is 0 Å². The zero-order chi connectivity index (χ0) is 11.3. The second kappa shape index (κ2) is 5.38. The minimum Gasteiger partial charge on any atom is -0.396 e. The van der Waals surface area contributed by atoms with Crippen molar-refractivity contribution in [2.24, 2.45) is 0 Å². The summed E-state index contributed by atoms with van der Waals surface area (Å²) in [5.41, 5.74) is 2.08. The second-order valence-corrected chi connectivity index (χ2v) is 3.68. The molecule has 0 aliphatic carbocycles. The molecule has 1 unspecified atom stereocenters. The smallest absolute Gasteiger partial charge is 0.0734 e. The Hall–Kier alpha value is -1.53. The summed E-state index contributed by atoms with van der Waals surface area (Å²) in [6.45, 7) is 0.0493. The van der Waals surface area contributed by atoms with Gasteiger partial charge in [0.05, 0.1) is 12.0 Å². The highest BCUT2D eigenvalue weighted by Crippen LogP contribution is 2.21. The molecule has 1 aromatic carbocycles. The van der Waals surface area contributed by atoms with Crippen molar-refractivity contribution >= 4 is 5.69 Å². The number of benzene rings is 1. The van der Waals surface area contributed by atoms with Crippen LogP contribution in [0.1, 0.15) is 17.9 Å². The van der Waals surface area contributed by atoms with Crippen molar-refractivity contribution in [3.05, 3.63) is 29.8 Å². The first-order chi connectivity index (χ1) is 7.19. The lowest BCUT2D eigenvalue weighted by Gasteiger charge is -2.14. The van der Waals surface area contributed by atoms with Crippen LogP contribution in [0.15, 0.2) is 24.3 Å². The van der Waals surface area contributed by atoms with E-state index in [9.17, 15) is 0 Å². The predicted octanol–water partition coefficient (Wildman–Crippen LogP) is 1.74. The molecule has 80 valence electrons. The van der Waals surface area contributed by atoms with Crippen LogP contribution >= 0.6 is 0 Å². The molecule has 1 aromatic rings. The molecule has 1 N–H and O–H groups in total. The van der Waals surface area contributed by atoms with E-state index >= 15 is 0 Å². The number of hydrogen-bond acceptors (Lipinski definition) is 3. The molecule has 0 aliphatic heterocycles. The summed E-state index contributed by atoms with van der Waals surface area (Å²) < 4.78 is 0. The van der Waals surface area contributed by atoms with Crippen molar-refractivity contribution < 1.29 is 5.11 Å². The van der Waals surface area contributed by atoms with Gasteiger partial charge in [-0.2, -0.15) is 5.26 Å². The minimum absolute atomic E-state index is 0.0493. The Morgan fingerprint density at radius 2 is 1.93 bits per heavy atom. The molecule has 3 heteroatoms. The van der Waals surface area contributed by atoms with E-state index in [1.165, 1.54) is 0 Å². The van der Waals surface area contributed by atoms with Crippen LogP contribution in [-0.4, -0.2) is 25.8 Å². The van der Waals surface area contributed by atoms with E-state index in [-0.39, 0.29) is 12.5 Å². The maximum absolute atomic E-state index is 8.92. The predicted molar refractivity (Wildman–Crippen MR) is 60.8 cm³/mol. The summed E-state index contributed by atoms with van der Waals surface area (Å²) in [7, 11) is 3.95. The van der Waals surface area contributed by atoms with Gasteiger partial charge in [-0.3, -0.25) is 0 Å². The van der Waals surface area contributed by atoms with Gasteiger partial charge in [-0.15, -0.1) is 0 Å². The first-order valence-corrected chi connectivity index (χ1v) is 4.96. The molecule has 15 heavy (non-hydrogen) atoms. The molecule has 0 saturated carbocycles. The summed E-state index contributed by atoms with van der Waals surface area (Å²) in [4.78, 5) is 2.01. The Morgan fingerprint density at radius 3 is 2.33 bits per heavy atom. The lowest BCUT2D eigenvalue weighted by atomic mass is 9.97. The van der Waals surface area contributed by atoms with Crippen molar-refractivity contribution in [2.45, 2.75) is 12.3 Å². The topological polar surface area (TPSA) is 47.3 Å². The molecule has 0 saturated heterocycles. The van der Waals surface area contributed by atoms with Crippen molar-refractivity contribution in [3.63, 3.8) is 0 Å². The van der Waals surface area contributed by atoms with E-state index < -0.39 is 0 Å². The third kappa shape index (κ3) is 2.97. The van der Waals surface area contributed by atoms with Gasteiger partial charge in [0.2, 0.25) is 0 Å². The number of rotatable bonds is 4. The second-order valence-electron chi connectivity index (χ2n) is 3.68. The molecule has 0 spiro atoms. The van der Waals surface area contributed by atoms with Crippen LogP contribution in [0.2, 0.25) is 0 Å². The third-order valence-corrected chi connectivity index (χ3v) is 2.39. The zero-order valence-corrected chi connectivity index (χ0v) is 9.14. The molecule has 0 aromatic heterocycles. The highest BCUT2D eigenvalue weighted by Gasteiger charge is 2.09. The van der Waals surface area contributed by atoms with Crippen LogP contribution in [0.3, 0.4) is 0 Å². The Balaban J connectivity index is 2.83. The molecular weight excluding hydrogens is 188 g/mol. The van der Waals surface area contributed by atoms with E-state index in [1.807, 2.05) is 43.3 Å². The van der Waals surface area contributed by atoms with Crippen LogP contribution in [0.4, 0.5) is 5.69 Å². The number of aliphatic hydroxyl groups is 1. The van der Waals surface area contributed by atoms with E-state index in [2.05, 4.69) is 6.07 Å². The standard InChI is InChI=1S/C12H16N2O/c1-14(2)12-5-3-10(4-6-12)11(9-13)7-8-15/h3-6,11,15H,7-8H2,1-2H3. The molecule has 0 fully saturated rings. The molecule has 1 rings (SSSR count). The van der Waals surface area contributed by atoms with E-state index in [4.69, 9.17) is 10.4 Å². The van der Waals surface area contributed by atoms with Gasteiger partial charge in [0.25, 0.3) is 0 Å². The van der Waals surface area contributed by atoms with Gasteiger partial charge in [0.15, 0.2) is 0 Å². The van der Waals surface area contributed by atoms with Gasteiger partial charge in [-0.05, 0) is 24.1 Å². The lowest BCUT2D eigenvalue weighted by Crippen LogP contribution is -2.08. The van der Waals surface area contributed by atoms with Gasteiger partial charge in [-0.1, -0.05) is 12.1 Å². The van der Waals surface area contributed by atoms with Gasteiger partial charge >= 0.3 is 0 Å². The quantitative estimate of drug-likeness (QED) is 0.812. The largest absolute Gasteiger partial charge is 0.396 e. The van der Waals surface area contributed by atoms with Crippen LogP contribution in [-0.2, 0) is 0 Å². The van der Waals surface area contributed by atoms with E-state index in [0.717, 1.165) is 11.3 Å². The average molecular weight is 204 g/mol. The zero-order valence-electron chi connectivity index (χ0n) is 9.14. The number of anilines is 1. The Kier molecular flexibility index (Phi) is 4.14. The summed E-state index contributed by atoms with van der Waals surface area (Å²) in [6, 6.07) is 10.0. The number of aliphatic hydroxyl groups excluding tert-OH is 1. The maximum atomic E-state index is 8.92. The van der Waals surface area contributed by atoms with Crippen molar-refractivity contribution in [3.8, 4) is 6.07 Å². The van der Waals surface area contributed by atoms with Gasteiger partial charge in [0.1, 0.15) is 0 Å². The van der Waals surface area contributed by atoms with Gasteiger partial charge < -0.3 is 10.0 Å². The highest BCUT2D eigenvalue weighted by atomic mass is 16.3. The fourth-order valence-corrected chi connectivity index (χ4v) is 1.44. The molecule has 0 aliphatic rings. The molecular formula is C12H16N2O. The maximum Gasteiger partial charge on any atom is 0.0734 e. The SMILES string of the molecule is CN(C)c1ccc(C(C#N)CCO)cc1. The monoisotopic (exact) mass is 204 g/mol. The van der Waals surface area contributed by atoms with Gasteiger partial charge in [-0.25, -0.2) is 0 Å².